The summed E-state index contributed by atoms with van der Waals surface area (Å²) in [5.74, 6) is 0.282. The van der Waals surface area contributed by atoms with Crippen LogP contribution in [0, 0.1) is 5.92 Å². The Labute approximate surface area is 167 Å². The Morgan fingerprint density at radius 1 is 1.14 bits per heavy atom. The number of carbonyl (C=O) groups excluding carboxylic acids is 1. The molecule has 0 aliphatic carbocycles. The smallest absolute Gasteiger partial charge is 0.332 e. The molecule has 3 heterocycles. The van der Waals surface area contributed by atoms with Crippen molar-refractivity contribution < 1.29 is 4.79 Å². The number of carbonyl (C=O) groups is 1. The molecule has 9 nitrogen and oxygen atoms in total. The molecule has 1 fully saturated rings. The molecule has 3 aromatic rings. The molecular weight excluding hydrogens is 372 g/mol. The standard InChI is InChI=1S/C20H24N6O3/c1-23-18-17(19(28)24(2)20(23)29)26(12-22-18)11-16(27)25-9-14(8-21)15(10-25)13-6-4-3-5-7-13/h3-7,12,14-15H,8-11,21H2,1-2H3/t14-,15+/m1/s1. The molecule has 0 spiro atoms. The normalized spacial score (nSPS) is 19.2. The first kappa shape index (κ1) is 19.1. The molecule has 1 saturated heterocycles. The summed E-state index contributed by atoms with van der Waals surface area (Å²) < 4.78 is 3.85. The lowest BCUT2D eigenvalue weighted by Gasteiger charge is -2.17. The first-order chi connectivity index (χ1) is 13.9. The number of hydrogen-bond donors (Lipinski definition) is 1. The molecule has 1 aliphatic rings. The van der Waals surface area contributed by atoms with Crippen molar-refractivity contribution in [1.29, 1.82) is 0 Å². The molecule has 1 aliphatic heterocycles. The molecule has 0 saturated carbocycles. The Morgan fingerprint density at radius 3 is 2.55 bits per heavy atom. The lowest BCUT2D eigenvalue weighted by atomic mass is 9.89. The summed E-state index contributed by atoms with van der Waals surface area (Å²) in [5, 5.41) is 0. The molecule has 2 aromatic heterocycles. The van der Waals surface area contributed by atoms with E-state index in [1.54, 1.807) is 11.9 Å². The summed E-state index contributed by atoms with van der Waals surface area (Å²) in [4.78, 5) is 43.6. The second-order valence-corrected chi connectivity index (χ2v) is 7.56. The van der Waals surface area contributed by atoms with Crippen molar-refractivity contribution >= 4 is 17.1 Å². The van der Waals surface area contributed by atoms with Crippen molar-refractivity contribution in [2.45, 2.75) is 12.5 Å². The van der Waals surface area contributed by atoms with E-state index in [2.05, 4.69) is 17.1 Å². The second kappa shape index (κ2) is 7.32. The van der Waals surface area contributed by atoms with Gasteiger partial charge in [0.2, 0.25) is 5.91 Å². The first-order valence-corrected chi connectivity index (χ1v) is 9.56. The molecule has 0 unspecified atom stereocenters. The third-order valence-corrected chi connectivity index (χ3v) is 5.85. The molecule has 1 aromatic carbocycles. The number of nitrogens with zero attached hydrogens (tertiary/aromatic N) is 5. The number of benzene rings is 1. The Hall–Kier alpha value is -3.20. The van der Waals surface area contributed by atoms with Crippen molar-refractivity contribution in [3.05, 3.63) is 63.1 Å². The molecule has 1 amide bonds. The van der Waals surface area contributed by atoms with Gasteiger partial charge in [-0.3, -0.25) is 18.7 Å². The van der Waals surface area contributed by atoms with E-state index in [1.807, 2.05) is 18.2 Å². The van der Waals surface area contributed by atoms with Crippen LogP contribution in [-0.2, 0) is 25.4 Å². The maximum Gasteiger partial charge on any atom is 0.332 e. The monoisotopic (exact) mass is 396 g/mol. The van der Waals surface area contributed by atoms with Gasteiger partial charge in [-0.25, -0.2) is 9.78 Å². The van der Waals surface area contributed by atoms with Crippen molar-refractivity contribution in [2.24, 2.45) is 25.7 Å². The molecular formula is C20H24N6O3. The maximum absolute atomic E-state index is 13.0. The maximum atomic E-state index is 13.0. The lowest BCUT2D eigenvalue weighted by Crippen LogP contribution is -2.38. The van der Waals surface area contributed by atoms with Crippen molar-refractivity contribution in [2.75, 3.05) is 19.6 Å². The summed E-state index contributed by atoms with van der Waals surface area (Å²) in [6.45, 7) is 1.66. The van der Waals surface area contributed by atoms with Gasteiger partial charge in [-0.05, 0) is 18.0 Å². The van der Waals surface area contributed by atoms with Gasteiger partial charge in [-0.2, -0.15) is 0 Å². The highest BCUT2D eigenvalue weighted by molar-refractivity contribution is 5.79. The van der Waals surface area contributed by atoms with Crippen LogP contribution in [0.2, 0.25) is 0 Å². The minimum atomic E-state index is -0.461. The highest BCUT2D eigenvalue weighted by Gasteiger charge is 2.35. The third kappa shape index (κ3) is 3.17. The summed E-state index contributed by atoms with van der Waals surface area (Å²) in [6, 6.07) is 10.1. The first-order valence-electron chi connectivity index (χ1n) is 9.56. The molecule has 0 bridgehead atoms. The molecule has 0 radical (unpaired) electrons. The van der Waals surface area contributed by atoms with Gasteiger partial charge >= 0.3 is 5.69 Å². The van der Waals surface area contributed by atoms with Crippen LogP contribution >= 0.6 is 0 Å². The van der Waals surface area contributed by atoms with E-state index < -0.39 is 11.2 Å². The number of likely N-dealkylation sites (tertiary alicyclic amines) is 1. The molecule has 152 valence electrons. The highest BCUT2D eigenvalue weighted by Crippen LogP contribution is 2.32. The van der Waals surface area contributed by atoms with Gasteiger partial charge in [0.25, 0.3) is 5.56 Å². The molecule has 29 heavy (non-hydrogen) atoms. The fourth-order valence-corrected chi connectivity index (χ4v) is 4.15. The second-order valence-electron chi connectivity index (χ2n) is 7.56. The number of nitrogens with two attached hydrogens (primary N) is 1. The van der Waals surface area contributed by atoms with E-state index >= 15 is 0 Å². The Balaban J connectivity index is 1.61. The summed E-state index contributed by atoms with van der Waals surface area (Å²) in [6.07, 6.45) is 1.44. The number of hydrogen-bond acceptors (Lipinski definition) is 5. The SMILES string of the molecule is Cn1c(=O)c2c(ncn2CC(=O)N2C[C@@H](CN)[C@H](c3ccccc3)C2)n(C)c1=O. The van der Waals surface area contributed by atoms with Crippen LogP contribution in [-0.4, -0.2) is 49.1 Å². The van der Waals surface area contributed by atoms with Gasteiger partial charge in [0.05, 0.1) is 6.33 Å². The zero-order valence-electron chi connectivity index (χ0n) is 16.5. The summed E-state index contributed by atoms with van der Waals surface area (Å²) in [5.41, 5.74) is 6.76. The van der Waals surface area contributed by atoms with Gasteiger partial charge in [0, 0.05) is 33.1 Å². The number of aryl methyl sites for hydroxylation is 1. The van der Waals surface area contributed by atoms with Crippen LogP contribution in [0.1, 0.15) is 11.5 Å². The quantitative estimate of drug-likeness (QED) is 0.648. The Kier molecular flexibility index (Phi) is 4.83. The van der Waals surface area contributed by atoms with Gasteiger partial charge in [-0.15, -0.1) is 0 Å². The number of aromatic nitrogens is 4. The van der Waals surface area contributed by atoms with Crippen molar-refractivity contribution in [3.8, 4) is 0 Å². The minimum Gasteiger partial charge on any atom is -0.340 e. The predicted octanol–water partition coefficient (Wildman–Crippen LogP) is -0.365. The average molecular weight is 396 g/mol. The van der Waals surface area contributed by atoms with Crippen LogP contribution < -0.4 is 17.0 Å². The molecule has 4 rings (SSSR count). The van der Waals surface area contributed by atoms with E-state index in [0.717, 1.165) is 4.57 Å². The number of rotatable bonds is 4. The van der Waals surface area contributed by atoms with Gasteiger partial charge in [0.15, 0.2) is 11.2 Å². The van der Waals surface area contributed by atoms with Crippen LogP contribution in [0.3, 0.4) is 0 Å². The third-order valence-electron chi connectivity index (χ3n) is 5.85. The lowest BCUT2D eigenvalue weighted by molar-refractivity contribution is -0.130. The predicted molar refractivity (Wildman–Crippen MR) is 109 cm³/mol. The van der Waals surface area contributed by atoms with E-state index in [-0.39, 0.29) is 35.5 Å². The fraction of sp³-hybridized carbons (Fsp3) is 0.400. The van der Waals surface area contributed by atoms with E-state index in [1.165, 1.54) is 28.1 Å². The minimum absolute atomic E-state index is 0.0112. The van der Waals surface area contributed by atoms with Crippen LogP contribution in [0.4, 0.5) is 0 Å². The van der Waals surface area contributed by atoms with Crippen molar-refractivity contribution in [3.63, 3.8) is 0 Å². The van der Waals surface area contributed by atoms with Gasteiger partial charge in [-0.1, -0.05) is 30.3 Å². The zero-order chi connectivity index (χ0) is 20.7. The van der Waals surface area contributed by atoms with Gasteiger partial charge in [0.1, 0.15) is 6.54 Å². The number of fused-ring (bicyclic) bond motifs is 1. The average Bonchev–Trinajstić information content (AvgIpc) is 3.36. The molecule has 2 atom stereocenters. The summed E-state index contributed by atoms with van der Waals surface area (Å²) in [7, 11) is 2.97. The number of amides is 1. The van der Waals surface area contributed by atoms with Crippen LogP contribution in [0.15, 0.2) is 46.2 Å². The summed E-state index contributed by atoms with van der Waals surface area (Å²) >= 11 is 0. The zero-order valence-corrected chi connectivity index (χ0v) is 16.5. The largest absolute Gasteiger partial charge is 0.340 e. The Bertz CT molecular complexity index is 1180. The molecule has 2 N–H and O–H groups in total. The van der Waals surface area contributed by atoms with Gasteiger partial charge < -0.3 is 15.2 Å². The molecule has 9 heteroatoms. The van der Waals surface area contributed by atoms with E-state index in [4.69, 9.17) is 5.73 Å². The van der Waals surface area contributed by atoms with E-state index in [9.17, 15) is 14.4 Å². The number of imidazole rings is 1. The fourth-order valence-electron chi connectivity index (χ4n) is 4.15. The van der Waals surface area contributed by atoms with Crippen LogP contribution in [0.5, 0.6) is 0 Å². The topological polar surface area (TPSA) is 108 Å². The van der Waals surface area contributed by atoms with E-state index in [0.29, 0.717) is 19.6 Å². The highest BCUT2D eigenvalue weighted by atomic mass is 16.2. The van der Waals surface area contributed by atoms with Crippen molar-refractivity contribution in [1.82, 2.24) is 23.6 Å². The Morgan fingerprint density at radius 2 is 1.86 bits per heavy atom. The van der Waals surface area contributed by atoms with Crippen LogP contribution in [0.25, 0.3) is 11.2 Å².